The summed E-state index contributed by atoms with van der Waals surface area (Å²) in [5.41, 5.74) is 0.780. The van der Waals surface area contributed by atoms with E-state index in [0.717, 1.165) is 7.11 Å². The summed E-state index contributed by atoms with van der Waals surface area (Å²) in [6.45, 7) is -0.482. The number of methoxy groups -OCH3 is 2. The monoisotopic (exact) mass is 385 g/mol. The van der Waals surface area contributed by atoms with Crippen LogP contribution in [0.5, 0.6) is 5.75 Å². The standard InChI is InChI=1S/C20H19NO7/c1-26-17-10-8-15(9-11-17)19(22)28-18(20(23)27-2)12-16(13-21(24)25)14-6-4-3-5-7-14/h3-12,16H,13H2,1-2H3/b18-12-/t16-/m0/s1. The number of carbonyl (C=O) groups is 2. The molecule has 0 bridgehead atoms. The fraction of sp³-hybridized carbons (Fsp3) is 0.200. The normalized spacial score (nSPS) is 12.0. The van der Waals surface area contributed by atoms with Gasteiger partial charge < -0.3 is 14.2 Å². The number of hydrogen-bond donors (Lipinski definition) is 0. The quantitative estimate of drug-likeness (QED) is 0.226. The fourth-order valence-electron chi connectivity index (χ4n) is 2.43. The molecular weight excluding hydrogens is 366 g/mol. The maximum absolute atomic E-state index is 12.4. The number of ether oxygens (including phenoxy) is 3. The van der Waals surface area contributed by atoms with Gasteiger partial charge in [-0.3, -0.25) is 10.1 Å². The first-order chi connectivity index (χ1) is 13.4. The van der Waals surface area contributed by atoms with E-state index in [1.165, 1.54) is 25.3 Å². The van der Waals surface area contributed by atoms with E-state index in [1.54, 1.807) is 42.5 Å². The molecule has 0 fully saturated rings. The number of esters is 2. The summed E-state index contributed by atoms with van der Waals surface area (Å²) in [7, 11) is 2.62. The lowest BCUT2D eigenvalue weighted by Gasteiger charge is -2.12. The lowest BCUT2D eigenvalue weighted by atomic mass is 9.98. The Morgan fingerprint density at radius 2 is 1.71 bits per heavy atom. The number of nitro groups is 1. The van der Waals surface area contributed by atoms with E-state index in [9.17, 15) is 19.7 Å². The van der Waals surface area contributed by atoms with Crippen LogP contribution in [0.1, 0.15) is 21.8 Å². The molecule has 1 atom stereocenters. The molecule has 2 aromatic rings. The minimum atomic E-state index is -0.911. The highest BCUT2D eigenvalue weighted by Crippen LogP contribution is 2.21. The first kappa shape index (κ1) is 20.6. The van der Waals surface area contributed by atoms with E-state index < -0.39 is 35.1 Å². The van der Waals surface area contributed by atoms with Crippen LogP contribution in [0.2, 0.25) is 0 Å². The molecule has 0 N–H and O–H groups in total. The molecule has 0 aliphatic heterocycles. The van der Waals surface area contributed by atoms with Crippen LogP contribution in [0.25, 0.3) is 0 Å². The summed E-state index contributed by atoms with van der Waals surface area (Å²) in [6.07, 6.45) is 1.23. The van der Waals surface area contributed by atoms with Gasteiger partial charge in [0, 0.05) is 4.92 Å². The highest BCUT2D eigenvalue weighted by Gasteiger charge is 2.23. The first-order valence-electron chi connectivity index (χ1n) is 8.27. The van der Waals surface area contributed by atoms with Gasteiger partial charge in [-0.25, -0.2) is 9.59 Å². The highest BCUT2D eigenvalue weighted by atomic mass is 16.6. The predicted octanol–water partition coefficient (Wildman–Crippen LogP) is 2.97. The summed E-state index contributed by atoms with van der Waals surface area (Å²) in [5, 5.41) is 11.0. The van der Waals surface area contributed by atoms with E-state index in [2.05, 4.69) is 4.74 Å². The second-order valence-electron chi connectivity index (χ2n) is 5.67. The summed E-state index contributed by atoms with van der Waals surface area (Å²) < 4.78 is 14.9. The SMILES string of the molecule is COC(=O)/C(=C/[C@@H](C[N+](=O)[O-])c1ccccc1)OC(=O)c1ccc(OC)cc1. The minimum absolute atomic E-state index is 0.182. The Morgan fingerprint density at radius 1 is 1.07 bits per heavy atom. The lowest BCUT2D eigenvalue weighted by molar-refractivity contribution is -0.481. The number of rotatable bonds is 8. The second kappa shape index (κ2) is 9.86. The summed E-state index contributed by atoms with van der Waals surface area (Å²) in [5.74, 6) is -2.36. The zero-order valence-electron chi connectivity index (χ0n) is 15.4. The van der Waals surface area contributed by atoms with E-state index in [1.807, 2.05) is 0 Å². The Bertz CT molecular complexity index is 860. The van der Waals surface area contributed by atoms with Crippen LogP contribution in [0.15, 0.2) is 66.4 Å². The zero-order valence-corrected chi connectivity index (χ0v) is 15.4. The van der Waals surface area contributed by atoms with Gasteiger partial charge in [0.15, 0.2) is 0 Å². The van der Waals surface area contributed by atoms with Crippen molar-refractivity contribution in [1.82, 2.24) is 0 Å². The smallest absolute Gasteiger partial charge is 0.373 e. The maximum atomic E-state index is 12.4. The summed E-state index contributed by atoms with van der Waals surface area (Å²) in [6, 6.07) is 14.7. The molecule has 0 aliphatic carbocycles. The van der Waals surface area contributed by atoms with Crippen LogP contribution in [0.3, 0.4) is 0 Å². The van der Waals surface area contributed by atoms with Crippen molar-refractivity contribution in [2.45, 2.75) is 5.92 Å². The molecule has 0 radical (unpaired) electrons. The van der Waals surface area contributed by atoms with Gasteiger partial charge in [-0.05, 0) is 35.9 Å². The average molecular weight is 385 g/mol. The van der Waals surface area contributed by atoms with Gasteiger partial charge in [-0.15, -0.1) is 0 Å². The molecule has 0 aliphatic rings. The zero-order chi connectivity index (χ0) is 20.5. The van der Waals surface area contributed by atoms with Crippen LogP contribution >= 0.6 is 0 Å². The lowest BCUT2D eigenvalue weighted by Crippen LogP contribution is -2.17. The van der Waals surface area contributed by atoms with Crippen molar-refractivity contribution in [1.29, 1.82) is 0 Å². The topological polar surface area (TPSA) is 105 Å². The number of hydrogen-bond acceptors (Lipinski definition) is 7. The molecular formula is C20H19NO7. The Balaban J connectivity index is 2.32. The molecule has 28 heavy (non-hydrogen) atoms. The van der Waals surface area contributed by atoms with Crippen LogP contribution in [-0.4, -0.2) is 37.6 Å². The maximum Gasteiger partial charge on any atom is 0.373 e. The molecule has 8 heteroatoms. The average Bonchev–Trinajstić information content (AvgIpc) is 2.72. The first-order valence-corrected chi connectivity index (χ1v) is 8.27. The van der Waals surface area contributed by atoms with Gasteiger partial charge >= 0.3 is 11.9 Å². The Hall–Kier alpha value is -3.68. The molecule has 0 spiro atoms. The Morgan fingerprint density at radius 3 is 2.25 bits per heavy atom. The third kappa shape index (κ3) is 5.66. The molecule has 0 unspecified atom stereocenters. The molecule has 8 nitrogen and oxygen atoms in total. The molecule has 0 saturated carbocycles. The van der Waals surface area contributed by atoms with E-state index in [0.29, 0.717) is 11.3 Å². The molecule has 0 saturated heterocycles. The summed E-state index contributed by atoms with van der Waals surface area (Å²) in [4.78, 5) is 35.0. The van der Waals surface area contributed by atoms with Crippen LogP contribution < -0.4 is 4.74 Å². The van der Waals surface area contributed by atoms with Crippen molar-refractivity contribution in [3.63, 3.8) is 0 Å². The molecule has 0 aromatic heterocycles. The molecule has 2 aromatic carbocycles. The number of benzene rings is 2. The van der Waals surface area contributed by atoms with Crippen LogP contribution in [0.4, 0.5) is 0 Å². The van der Waals surface area contributed by atoms with Gasteiger partial charge in [-0.2, -0.15) is 0 Å². The van der Waals surface area contributed by atoms with Crippen molar-refractivity contribution in [2.24, 2.45) is 0 Å². The highest BCUT2D eigenvalue weighted by molar-refractivity contribution is 5.95. The molecule has 0 heterocycles. The van der Waals surface area contributed by atoms with Crippen molar-refractivity contribution < 1.29 is 28.7 Å². The number of nitrogens with zero attached hydrogens (tertiary/aromatic N) is 1. The van der Waals surface area contributed by atoms with E-state index in [4.69, 9.17) is 9.47 Å². The van der Waals surface area contributed by atoms with Gasteiger partial charge in [0.05, 0.1) is 25.7 Å². The van der Waals surface area contributed by atoms with Crippen molar-refractivity contribution in [3.05, 3.63) is 87.7 Å². The third-order valence-electron chi connectivity index (χ3n) is 3.84. The molecule has 2 rings (SSSR count). The fourth-order valence-corrected chi connectivity index (χ4v) is 2.43. The minimum Gasteiger partial charge on any atom is -0.497 e. The van der Waals surface area contributed by atoms with Gasteiger partial charge in [-0.1, -0.05) is 30.3 Å². The largest absolute Gasteiger partial charge is 0.497 e. The van der Waals surface area contributed by atoms with Crippen molar-refractivity contribution in [2.75, 3.05) is 20.8 Å². The Kier molecular flexibility index (Phi) is 7.27. The van der Waals surface area contributed by atoms with Crippen LogP contribution in [-0.2, 0) is 14.3 Å². The predicted molar refractivity (Wildman–Crippen MR) is 99.6 cm³/mol. The molecule has 146 valence electrons. The Labute approximate surface area is 161 Å². The second-order valence-corrected chi connectivity index (χ2v) is 5.67. The van der Waals surface area contributed by atoms with Crippen LogP contribution in [0, 0.1) is 10.1 Å². The summed E-state index contributed by atoms with van der Waals surface area (Å²) >= 11 is 0. The van der Waals surface area contributed by atoms with E-state index in [-0.39, 0.29) is 5.56 Å². The van der Waals surface area contributed by atoms with Crippen molar-refractivity contribution >= 4 is 11.9 Å². The van der Waals surface area contributed by atoms with Gasteiger partial charge in [0.25, 0.3) is 0 Å². The van der Waals surface area contributed by atoms with Crippen molar-refractivity contribution in [3.8, 4) is 5.75 Å². The number of carbonyl (C=O) groups excluding carboxylic acids is 2. The van der Waals surface area contributed by atoms with Gasteiger partial charge in [0.1, 0.15) is 5.75 Å². The van der Waals surface area contributed by atoms with E-state index >= 15 is 0 Å². The van der Waals surface area contributed by atoms with Gasteiger partial charge in [0.2, 0.25) is 12.3 Å². The third-order valence-corrected chi connectivity index (χ3v) is 3.84. The molecule has 0 amide bonds.